The lowest BCUT2D eigenvalue weighted by molar-refractivity contribution is -0.271. The lowest BCUT2D eigenvalue weighted by atomic mass is 9.97. The Morgan fingerprint density at radius 2 is 2.15 bits per heavy atom. The van der Waals surface area contributed by atoms with E-state index < -0.39 is 29.9 Å². The van der Waals surface area contributed by atoms with Crippen molar-refractivity contribution in [3.63, 3.8) is 0 Å². The van der Waals surface area contributed by atoms with Crippen LogP contribution in [0.1, 0.15) is 32.5 Å². The van der Waals surface area contributed by atoms with Gasteiger partial charge < -0.3 is 15.0 Å². The molecule has 0 spiro atoms. The third kappa shape index (κ3) is 3.30. The molecule has 0 saturated carbocycles. The van der Waals surface area contributed by atoms with E-state index in [0.717, 1.165) is 10.8 Å². The predicted molar refractivity (Wildman–Crippen MR) is 65.7 cm³/mol. The van der Waals surface area contributed by atoms with Crippen molar-refractivity contribution in [2.24, 2.45) is 7.05 Å². The number of alkyl halides is 3. The van der Waals surface area contributed by atoms with Crippen molar-refractivity contribution in [3.05, 3.63) is 18.2 Å². The number of hydrogen-bond acceptors (Lipinski definition) is 3. The molecule has 0 fully saturated rings. The van der Waals surface area contributed by atoms with Gasteiger partial charge in [-0.3, -0.25) is 4.79 Å². The predicted octanol–water partition coefficient (Wildman–Crippen LogP) is 1.47. The van der Waals surface area contributed by atoms with Gasteiger partial charge in [0.05, 0.1) is 6.42 Å². The molecule has 1 aromatic rings. The molecule has 0 aromatic carbocycles. The second-order valence-corrected chi connectivity index (χ2v) is 4.77. The Bertz CT molecular complexity index is 473. The van der Waals surface area contributed by atoms with E-state index in [1.165, 1.54) is 13.2 Å². The van der Waals surface area contributed by atoms with Gasteiger partial charge in [0.25, 0.3) is 0 Å². The molecular formula is C12H18F3N3O2. The van der Waals surface area contributed by atoms with E-state index in [1.807, 2.05) is 0 Å². The van der Waals surface area contributed by atoms with Crippen molar-refractivity contribution in [1.29, 1.82) is 0 Å². The SMILES string of the molecule is CC[C@H](C)NC(=O)C[C@](O)(c1nccn1C)C(F)(F)F. The number of carbonyl (C=O) groups excluding carboxylic acids is 1. The lowest BCUT2D eigenvalue weighted by Crippen LogP contribution is -2.48. The zero-order chi connectivity index (χ0) is 15.6. The molecule has 0 aliphatic rings. The summed E-state index contributed by atoms with van der Waals surface area (Å²) >= 11 is 0. The molecule has 20 heavy (non-hydrogen) atoms. The number of aromatic nitrogens is 2. The summed E-state index contributed by atoms with van der Waals surface area (Å²) in [5.41, 5.74) is -3.30. The number of amides is 1. The number of nitrogens with one attached hydrogen (secondary N) is 1. The van der Waals surface area contributed by atoms with Crippen LogP contribution in [0, 0.1) is 0 Å². The minimum atomic E-state index is -5.00. The van der Waals surface area contributed by atoms with E-state index in [2.05, 4.69) is 10.3 Å². The van der Waals surface area contributed by atoms with Gasteiger partial charge in [-0.2, -0.15) is 13.2 Å². The summed E-state index contributed by atoms with van der Waals surface area (Å²) in [4.78, 5) is 15.2. The quantitative estimate of drug-likeness (QED) is 0.864. The standard InChI is InChI=1S/C12H18F3N3O2/c1-4-8(2)17-9(19)7-11(20,12(13,14)15)10-16-5-6-18(10)3/h5-6,8,20H,4,7H2,1-3H3,(H,17,19)/t8-,11-/m0/s1. The summed E-state index contributed by atoms with van der Waals surface area (Å²) in [5, 5.41) is 12.4. The summed E-state index contributed by atoms with van der Waals surface area (Å²) in [6, 6.07) is -0.263. The van der Waals surface area contributed by atoms with Gasteiger partial charge >= 0.3 is 6.18 Å². The molecule has 114 valence electrons. The molecule has 0 unspecified atom stereocenters. The first-order valence-corrected chi connectivity index (χ1v) is 6.18. The van der Waals surface area contributed by atoms with Crippen LogP contribution in [0.4, 0.5) is 13.2 Å². The van der Waals surface area contributed by atoms with Crippen LogP contribution in [-0.2, 0) is 17.4 Å². The number of halogens is 3. The number of carbonyl (C=O) groups is 1. The maximum absolute atomic E-state index is 13.1. The Balaban J connectivity index is 3.03. The van der Waals surface area contributed by atoms with Gasteiger partial charge in [0, 0.05) is 25.5 Å². The first-order valence-electron chi connectivity index (χ1n) is 6.18. The highest BCUT2D eigenvalue weighted by atomic mass is 19.4. The third-order valence-electron chi connectivity index (χ3n) is 3.10. The molecule has 0 bridgehead atoms. The van der Waals surface area contributed by atoms with Gasteiger partial charge in [-0.25, -0.2) is 4.98 Å². The fourth-order valence-corrected chi connectivity index (χ4v) is 1.73. The molecule has 0 radical (unpaired) electrons. The average Bonchev–Trinajstić information content (AvgIpc) is 2.73. The third-order valence-corrected chi connectivity index (χ3v) is 3.10. The molecule has 1 rings (SSSR count). The normalized spacial score (nSPS) is 16.6. The smallest absolute Gasteiger partial charge is 0.374 e. The number of rotatable bonds is 5. The van der Waals surface area contributed by atoms with Gasteiger partial charge in [-0.1, -0.05) is 6.92 Å². The van der Waals surface area contributed by atoms with Gasteiger partial charge in [0.1, 0.15) is 0 Å². The van der Waals surface area contributed by atoms with Crippen LogP contribution < -0.4 is 5.32 Å². The van der Waals surface area contributed by atoms with Crippen LogP contribution in [-0.4, -0.2) is 32.8 Å². The van der Waals surface area contributed by atoms with E-state index in [9.17, 15) is 23.1 Å². The Hall–Kier alpha value is -1.57. The molecule has 1 heterocycles. The van der Waals surface area contributed by atoms with Crippen molar-refractivity contribution in [2.45, 2.75) is 44.5 Å². The van der Waals surface area contributed by atoms with Crippen LogP contribution in [0.5, 0.6) is 0 Å². The zero-order valence-electron chi connectivity index (χ0n) is 11.5. The second-order valence-electron chi connectivity index (χ2n) is 4.77. The van der Waals surface area contributed by atoms with E-state index in [1.54, 1.807) is 13.8 Å². The zero-order valence-corrected chi connectivity index (χ0v) is 11.5. The topological polar surface area (TPSA) is 67.2 Å². The molecular weight excluding hydrogens is 275 g/mol. The van der Waals surface area contributed by atoms with Crippen molar-refractivity contribution in [1.82, 2.24) is 14.9 Å². The summed E-state index contributed by atoms with van der Waals surface area (Å²) in [7, 11) is 1.33. The molecule has 0 aliphatic heterocycles. The monoisotopic (exact) mass is 293 g/mol. The lowest BCUT2D eigenvalue weighted by Gasteiger charge is -2.29. The van der Waals surface area contributed by atoms with Crippen molar-refractivity contribution < 1.29 is 23.1 Å². The number of imidazole rings is 1. The van der Waals surface area contributed by atoms with Crippen molar-refractivity contribution in [3.8, 4) is 0 Å². The maximum Gasteiger partial charge on any atom is 0.425 e. The maximum atomic E-state index is 13.1. The summed E-state index contributed by atoms with van der Waals surface area (Å²) in [6.07, 6.45) is -3.12. The molecule has 0 aliphatic carbocycles. The molecule has 2 N–H and O–H groups in total. The molecule has 2 atom stereocenters. The van der Waals surface area contributed by atoms with Gasteiger partial charge in [-0.15, -0.1) is 0 Å². The first kappa shape index (κ1) is 16.5. The number of aryl methyl sites for hydroxylation is 1. The van der Waals surface area contributed by atoms with Crippen LogP contribution in [0.25, 0.3) is 0 Å². The highest BCUT2D eigenvalue weighted by Gasteiger charge is 2.58. The highest BCUT2D eigenvalue weighted by molar-refractivity contribution is 5.77. The van der Waals surface area contributed by atoms with E-state index >= 15 is 0 Å². The molecule has 0 saturated heterocycles. The Morgan fingerprint density at radius 3 is 2.55 bits per heavy atom. The van der Waals surface area contributed by atoms with E-state index in [4.69, 9.17) is 0 Å². The van der Waals surface area contributed by atoms with Crippen LogP contribution in [0.15, 0.2) is 12.4 Å². The molecule has 1 aromatic heterocycles. The Kier molecular flexibility index (Phi) is 4.80. The second kappa shape index (κ2) is 5.82. The summed E-state index contributed by atoms with van der Waals surface area (Å²) in [5.74, 6) is -1.48. The molecule has 8 heteroatoms. The number of nitrogens with zero attached hydrogens (tertiary/aromatic N) is 2. The highest BCUT2D eigenvalue weighted by Crippen LogP contribution is 2.40. The molecule has 1 amide bonds. The fraction of sp³-hybridized carbons (Fsp3) is 0.667. The fourth-order valence-electron chi connectivity index (χ4n) is 1.73. The van der Waals surface area contributed by atoms with E-state index in [-0.39, 0.29) is 6.04 Å². The van der Waals surface area contributed by atoms with E-state index in [0.29, 0.717) is 6.42 Å². The number of aliphatic hydroxyl groups is 1. The van der Waals surface area contributed by atoms with Crippen molar-refractivity contribution >= 4 is 5.91 Å². The first-order chi connectivity index (χ1) is 9.11. The van der Waals surface area contributed by atoms with Gasteiger partial charge in [0.2, 0.25) is 11.5 Å². The minimum absolute atomic E-state index is 0.263. The molecule has 5 nitrogen and oxygen atoms in total. The summed E-state index contributed by atoms with van der Waals surface area (Å²) in [6.45, 7) is 3.46. The van der Waals surface area contributed by atoms with Gasteiger partial charge in [0.15, 0.2) is 5.82 Å². The average molecular weight is 293 g/mol. The van der Waals surface area contributed by atoms with Crippen molar-refractivity contribution in [2.75, 3.05) is 0 Å². The van der Waals surface area contributed by atoms with Crippen LogP contribution >= 0.6 is 0 Å². The van der Waals surface area contributed by atoms with Gasteiger partial charge in [-0.05, 0) is 13.3 Å². The minimum Gasteiger partial charge on any atom is -0.374 e. The summed E-state index contributed by atoms with van der Waals surface area (Å²) < 4.78 is 40.5. The Morgan fingerprint density at radius 1 is 1.55 bits per heavy atom. The Labute approximate surface area is 114 Å². The van der Waals surface area contributed by atoms with Crippen LogP contribution in [0.2, 0.25) is 0 Å². The largest absolute Gasteiger partial charge is 0.425 e. The van der Waals surface area contributed by atoms with Crippen LogP contribution in [0.3, 0.4) is 0 Å². The number of hydrogen-bond donors (Lipinski definition) is 2.